The van der Waals surface area contributed by atoms with Crippen LogP contribution in [0.3, 0.4) is 0 Å². The Morgan fingerprint density at radius 1 is 0.295 bits per heavy atom. The van der Waals surface area contributed by atoms with Gasteiger partial charge in [0.15, 0.2) is 6.10 Å². The molecule has 0 aromatic carbocycles. The molecular formula is C73H136O5. The predicted molar refractivity (Wildman–Crippen MR) is 344 cm³/mol. The minimum Gasteiger partial charge on any atom is -0.462 e. The largest absolute Gasteiger partial charge is 0.462 e. The molecule has 0 saturated heterocycles. The molecule has 0 heterocycles. The number of esters is 2. The molecule has 0 spiro atoms. The first-order chi connectivity index (χ1) is 38.6. The second kappa shape index (κ2) is 69.1. The highest BCUT2D eigenvalue weighted by atomic mass is 16.6. The number of ether oxygens (including phenoxy) is 2. The van der Waals surface area contributed by atoms with Crippen LogP contribution < -0.4 is 0 Å². The summed E-state index contributed by atoms with van der Waals surface area (Å²) in [4.78, 5) is 24.6. The molecule has 458 valence electrons. The molecule has 0 aromatic rings. The van der Waals surface area contributed by atoms with Crippen LogP contribution in [-0.2, 0) is 19.1 Å². The van der Waals surface area contributed by atoms with Crippen molar-refractivity contribution in [3.05, 3.63) is 48.6 Å². The number of hydrogen-bond donors (Lipinski definition) is 1. The molecule has 0 fully saturated rings. The number of rotatable bonds is 66. The molecule has 1 unspecified atom stereocenters. The molecule has 0 aliphatic heterocycles. The summed E-state index contributed by atoms with van der Waals surface area (Å²) < 4.78 is 10.8. The average molecular weight is 1090 g/mol. The molecule has 0 aliphatic rings. The van der Waals surface area contributed by atoms with Gasteiger partial charge in [-0.2, -0.15) is 0 Å². The number of carbonyl (C=O) groups excluding carboxylic acids is 2. The van der Waals surface area contributed by atoms with E-state index in [1.54, 1.807) is 0 Å². The van der Waals surface area contributed by atoms with Crippen molar-refractivity contribution in [1.82, 2.24) is 0 Å². The van der Waals surface area contributed by atoms with Gasteiger partial charge in [0.05, 0.1) is 6.61 Å². The van der Waals surface area contributed by atoms with Crippen molar-refractivity contribution < 1.29 is 24.2 Å². The normalized spacial score (nSPS) is 12.4. The zero-order valence-electron chi connectivity index (χ0n) is 52.7. The Kier molecular flexibility index (Phi) is 67.2. The summed E-state index contributed by atoms with van der Waals surface area (Å²) in [6.07, 6.45) is 92.9. The summed E-state index contributed by atoms with van der Waals surface area (Å²) in [5.41, 5.74) is 0. The van der Waals surface area contributed by atoms with E-state index in [0.717, 1.165) is 51.4 Å². The van der Waals surface area contributed by atoms with Gasteiger partial charge in [-0.25, -0.2) is 0 Å². The minimum absolute atomic E-state index is 0.0604. The third kappa shape index (κ3) is 66.4. The van der Waals surface area contributed by atoms with Crippen LogP contribution in [0.4, 0.5) is 0 Å². The lowest BCUT2D eigenvalue weighted by Gasteiger charge is -2.15. The third-order valence-electron chi connectivity index (χ3n) is 16.1. The standard InChI is InChI=1S/C73H136O5/c1-3-5-7-9-11-13-15-17-19-21-23-25-27-29-31-33-34-35-36-37-38-40-42-44-46-48-50-52-54-56-58-60-62-64-66-68-73(76)78-71(69-74)70-77-72(75)67-65-63-61-59-57-55-53-51-49-47-45-43-41-39-32-30-28-26-24-22-20-18-16-14-12-10-8-6-4-2/h15-18,21-24,71,74H,3-14,19-20,25-70H2,1-2H3/b17-15-,18-16-,23-21-,24-22-. The molecule has 0 rings (SSSR count). The highest BCUT2D eigenvalue weighted by molar-refractivity contribution is 5.70. The molecule has 5 heteroatoms. The van der Waals surface area contributed by atoms with Crippen LogP contribution in [0.1, 0.15) is 386 Å². The first-order valence-electron chi connectivity index (χ1n) is 35.2. The van der Waals surface area contributed by atoms with Crippen molar-refractivity contribution in [1.29, 1.82) is 0 Å². The van der Waals surface area contributed by atoms with Gasteiger partial charge in [-0.1, -0.05) is 345 Å². The summed E-state index contributed by atoms with van der Waals surface area (Å²) in [6, 6.07) is 0. The zero-order valence-corrected chi connectivity index (χ0v) is 52.7. The predicted octanol–water partition coefficient (Wildman–Crippen LogP) is 24.3. The Bertz CT molecular complexity index is 1280. The van der Waals surface area contributed by atoms with E-state index in [9.17, 15) is 14.7 Å². The highest BCUT2D eigenvalue weighted by Crippen LogP contribution is 2.19. The van der Waals surface area contributed by atoms with Crippen LogP contribution in [0.5, 0.6) is 0 Å². The lowest BCUT2D eigenvalue weighted by molar-refractivity contribution is -0.161. The second-order valence-corrected chi connectivity index (χ2v) is 24.0. The van der Waals surface area contributed by atoms with Crippen LogP contribution in [-0.4, -0.2) is 36.4 Å². The van der Waals surface area contributed by atoms with Gasteiger partial charge in [0.25, 0.3) is 0 Å². The smallest absolute Gasteiger partial charge is 0.306 e. The maximum atomic E-state index is 12.4. The molecule has 1 N–H and O–H groups in total. The van der Waals surface area contributed by atoms with E-state index in [1.165, 1.54) is 308 Å². The van der Waals surface area contributed by atoms with Crippen molar-refractivity contribution in [2.75, 3.05) is 13.2 Å². The third-order valence-corrected chi connectivity index (χ3v) is 16.1. The van der Waals surface area contributed by atoms with Crippen LogP contribution >= 0.6 is 0 Å². The molecule has 5 nitrogen and oxygen atoms in total. The van der Waals surface area contributed by atoms with E-state index in [0.29, 0.717) is 12.8 Å². The summed E-state index contributed by atoms with van der Waals surface area (Å²) in [5, 5.41) is 9.70. The van der Waals surface area contributed by atoms with E-state index in [-0.39, 0.29) is 25.2 Å². The number of aliphatic hydroxyl groups excluding tert-OH is 1. The zero-order chi connectivity index (χ0) is 56.2. The van der Waals surface area contributed by atoms with Gasteiger partial charge in [-0.15, -0.1) is 0 Å². The first kappa shape index (κ1) is 75.9. The Hall–Kier alpha value is -2.14. The number of unbranched alkanes of at least 4 members (excludes halogenated alkanes) is 50. The molecule has 0 bridgehead atoms. The molecular weight excluding hydrogens is 957 g/mol. The maximum Gasteiger partial charge on any atom is 0.306 e. The van der Waals surface area contributed by atoms with Crippen molar-refractivity contribution >= 4 is 11.9 Å². The van der Waals surface area contributed by atoms with E-state index >= 15 is 0 Å². The minimum atomic E-state index is -0.771. The fourth-order valence-electron chi connectivity index (χ4n) is 10.8. The van der Waals surface area contributed by atoms with Gasteiger partial charge in [0.2, 0.25) is 0 Å². The maximum absolute atomic E-state index is 12.4. The summed E-state index contributed by atoms with van der Waals surface area (Å²) >= 11 is 0. The lowest BCUT2D eigenvalue weighted by atomic mass is 10.0. The lowest BCUT2D eigenvalue weighted by Crippen LogP contribution is -2.28. The molecule has 0 radical (unpaired) electrons. The number of carbonyl (C=O) groups is 2. The van der Waals surface area contributed by atoms with Gasteiger partial charge < -0.3 is 14.6 Å². The monoisotopic (exact) mass is 1090 g/mol. The van der Waals surface area contributed by atoms with Crippen molar-refractivity contribution in [2.24, 2.45) is 0 Å². The number of allylic oxidation sites excluding steroid dienone is 8. The van der Waals surface area contributed by atoms with Crippen molar-refractivity contribution in [3.8, 4) is 0 Å². The fourth-order valence-corrected chi connectivity index (χ4v) is 10.8. The van der Waals surface area contributed by atoms with Crippen LogP contribution in [0.15, 0.2) is 48.6 Å². The van der Waals surface area contributed by atoms with E-state index in [4.69, 9.17) is 9.47 Å². The molecule has 0 aromatic heterocycles. The van der Waals surface area contributed by atoms with Gasteiger partial charge >= 0.3 is 11.9 Å². The van der Waals surface area contributed by atoms with Gasteiger partial charge in [-0.3, -0.25) is 9.59 Å². The van der Waals surface area contributed by atoms with Crippen LogP contribution in [0, 0.1) is 0 Å². The van der Waals surface area contributed by atoms with Crippen molar-refractivity contribution in [2.45, 2.75) is 392 Å². The fraction of sp³-hybridized carbons (Fsp3) is 0.863. The average Bonchev–Trinajstić information content (AvgIpc) is 3.44. The SMILES string of the molecule is CCCCCCC/C=C\C/C=C\CCCCCCCCCCCCCCCCCCCCCCCCCC(=O)OC(CO)COC(=O)CCCCCCCCCCCCCCCCCCC/C=C\C/C=C\CCCCCCC. The Labute approximate surface area is 488 Å². The molecule has 78 heavy (non-hydrogen) atoms. The van der Waals surface area contributed by atoms with Gasteiger partial charge in [0, 0.05) is 12.8 Å². The van der Waals surface area contributed by atoms with Crippen molar-refractivity contribution in [3.63, 3.8) is 0 Å². The van der Waals surface area contributed by atoms with E-state index < -0.39 is 6.10 Å². The molecule has 0 amide bonds. The highest BCUT2D eigenvalue weighted by Gasteiger charge is 2.16. The topological polar surface area (TPSA) is 72.8 Å². The Morgan fingerprint density at radius 3 is 0.756 bits per heavy atom. The Balaban J connectivity index is 3.39. The van der Waals surface area contributed by atoms with E-state index in [2.05, 4.69) is 62.5 Å². The number of hydrogen-bond acceptors (Lipinski definition) is 5. The summed E-state index contributed by atoms with van der Waals surface area (Å²) in [5.74, 6) is -0.568. The van der Waals surface area contributed by atoms with Gasteiger partial charge in [-0.05, 0) is 77.0 Å². The summed E-state index contributed by atoms with van der Waals surface area (Å²) in [7, 11) is 0. The van der Waals surface area contributed by atoms with E-state index in [1.807, 2.05) is 0 Å². The van der Waals surface area contributed by atoms with Gasteiger partial charge in [0.1, 0.15) is 6.61 Å². The summed E-state index contributed by atoms with van der Waals surface area (Å²) in [6.45, 7) is 4.18. The van der Waals surface area contributed by atoms with Crippen LogP contribution in [0.2, 0.25) is 0 Å². The first-order valence-corrected chi connectivity index (χ1v) is 35.2. The second-order valence-electron chi connectivity index (χ2n) is 24.0. The Morgan fingerprint density at radius 2 is 0.513 bits per heavy atom. The number of aliphatic hydroxyl groups is 1. The molecule has 1 atom stereocenters. The quantitative estimate of drug-likeness (QED) is 0.0373. The molecule has 0 saturated carbocycles. The van der Waals surface area contributed by atoms with Crippen LogP contribution in [0.25, 0.3) is 0 Å². The molecule has 0 aliphatic carbocycles.